The SMILES string of the molecule is CCOC(=O)NOC(C)OC(C)OC. The van der Waals surface area contributed by atoms with Gasteiger partial charge in [-0.3, -0.25) is 0 Å². The van der Waals surface area contributed by atoms with Crippen molar-refractivity contribution in [2.75, 3.05) is 13.7 Å². The zero-order chi connectivity index (χ0) is 11.0. The van der Waals surface area contributed by atoms with Crippen molar-refractivity contribution in [3.8, 4) is 0 Å². The summed E-state index contributed by atoms with van der Waals surface area (Å²) in [6.45, 7) is 5.33. The summed E-state index contributed by atoms with van der Waals surface area (Å²) in [4.78, 5) is 15.6. The number of hydrogen-bond acceptors (Lipinski definition) is 5. The largest absolute Gasteiger partial charge is 0.448 e. The molecule has 2 unspecified atom stereocenters. The topological polar surface area (TPSA) is 66.0 Å². The van der Waals surface area contributed by atoms with E-state index in [9.17, 15) is 4.79 Å². The molecule has 6 nitrogen and oxygen atoms in total. The van der Waals surface area contributed by atoms with Crippen LogP contribution in [-0.2, 0) is 19.0 Å². The first-order valence-electron chi connectivity index (χ1n) is 4.36. The highest BCUT2D eigenvalue weighted by Gasteiger charge is 2.09. The Morgan fingerprint density at radius 2 is 2.00 bits per heavy atom. The summed E-state index contributed by atoms with van der Waals surface area (Å²) < 4.78 is 14.5. The second-order valence-corrected chi connectivity index (χ2v) is 2.45. The third-order valence-corrected chi connectivity index (χ3v) is 1.30. The summed E-state index contributed by atoms with van der Waals surface area (Å²) in [5, 5.41) is 0. The minimum Gasteiger partial charge on any atom is -0.448 e. The maximum absolute atomic E-state index is 10.8. The first kappa shape index (κ1) is 13.2. The summed E-state index contributed by atoms with van der Waals surface area (Å²) >= 11 is 0. The summed E-state index contributed by atoms with van der Waals surface area (Å²) in [7, 11) is 1.51. The van der Waals surface area contributed by atoms with E-state index in [1.165, 1.54) is 7.11 Å². The van der Waals surface area contributed by atoms with Gasteiger partial charge in [0.25, 0.3) is 0 Å². The van der Waals surface area contributed by atoms with Gasteiger partial charge in [0, 0.05) is 7.11 Å². The van der Waals surface area contributed by atoms with Gasteiger partial charge in [0.1, 0.15) is 0 Å². The average Bonchev–Trinajstić information content (AvgIpc) is 2.15. The second kappa shape index (κ2) is 7.54. The van der Waals surface area contributed by atoms with Crippen molar-refractivity contribution >= 4 is 6.09 Å². The molecule has 0 aromatic carbocycles. The minimum atomic E-state index is -0.645. The lowest BCUT2D eigenvalue weighted by atomic mass is 10.7. The first-order chi connectivity index (χ1) is 6.60. The molecule has 2 atom stereocenters. The molecule has 0 aliphatic carbocycles. The van der Waals surface area contributed by atoms with Crippen molar-refractivity contribution in [2.45, 2.75) is 33.4 Å². The van der Waals surface area contributed by atoms with E-state index in [-0.39, 0.29) is 0 Å². The molecule has 1 N–H and O–H groups in total. The fourth-order valence-corrected chi connectivity index (χ4v) is 0.645. The Hall–Kier alpha value is -0.850. The summed E-state index contributed by atoms with van der Waals surface area (Å²) in [5.41, 5.74) is 2.07. The Balaban J connectivity index is 3.52. The van der Waals surface area contributed by atoms with Crippen LogP contribution >= 0.6 is 0 Å². The van der Waals surface area contributed by atoms with E-state index < -0.39 is 18.7 Å². The fraction of sp³-hybridized carbons (Fsp3) is 0.875. The summed E-state index contributed by atoms with van der Waals surface area (Å²) in [5.74, 6) is 0. The molecule has 0 heterocycles. The fourth-order valence-electron chi connectivity index (χ4n) is 0.645. The van der Waals surface area contributed by atoms with Gasteiger partial charge in [0.2, 0.25) is 0 Å². The van der Waals surface area contributed by atoms with Crippen LogP contribution in [0.15, 0.2) is 0 Å². The van der Waals surface area contributed by atoms with E-state index in [2.05, 4.69) is 10.2 Å². The van der Waals surface area contributed by atoms with Gasteiger partial charge in [-0.15, -0.1) is 0 Å². The van der Waals surface area contributed by atoms with Crippen molar-refractivity contribution < 1.29 is 23.8 Å². The molecule has 0 aromatic heterocycles. The van der Waals surface area contributed by atoms with Crippen LogP contribution in [0.1, 0.15) is 20.8 Å². The highest BCUT2D eigenvalue weighted by Crippen LogP contribution is 1.98. The van der Waals surface area contributed by atoms with Crippen molar-refractivity contribution in [1.29, 1.82) is 0 Å². The molecule has 0 rings (SSSR count). The highest BCUT2D eigenvalue weighted by atomic mass is 16.8. The zero-order valence-electron chi connectivity index (χ0n) is 8.90. The predicted octanol–water partition coefficient (Wildman–Crippen LogP) is 1.02. The smallest absolute Gasteiger partial charge is 0.431 e. The Labute approximate surface area is 83.4 Å². The van der Waals surface area contributed by atoms with E-state index in [0.29, 0.717) is 6.61 Å². The number of carbonyl (C=O) groups is 1. The van der Waals surface area contributed by atoms with Crippen LogP contribution in [-0.4, -0.2) is 32.4 Å². The van der Waals surface area contributed by atoms with Gasteiger partial charge < -0.3 is 14.2 Å². The molecule has 0 aromatic rings. The number of ether oxygens (including phenoxy) is 3. The maximum Gasteiger partial charge on any atom is 0.431 e. The van der Waals surface area contributed by atoms with Gasteiger partial charge in [-0.05, 0) is 20.8 Å². The molecule has 0 aliphatic heterocycles. The van der Waals surface area contributed by atoms with Crippen LogP contribution in [0, 0.1) is 0 Å². The third kappa shape index (κ3) is 6.64. The minimum absolute atomic E-state index is 0.291. The normalized spacial score (nSPS) is 14.6. The van der Waals surface area contributed by atoms with Crippen LogP contribution in [0.5, 0.6) is 0 Å². The molecule has 14 heavy (non-hydrogen) atoms. The lowest BCUT2D eigenvalue weighted by Crippen LogP contribution is -2.32. The van der Waals surface area contributed by atoms with E-state index in [4.69, 9.17) is 14.3 Å². The Bertz CT molecular complexity index is 164. The van der Waals surface area contributed by atoms with Crippen LogP contribution < -0.4 is 5.48 Å². The number of amides is 1. The molecular formula is C8H17NO5. The number of hydroxylamine groups is 1. The number of nitrogens with one attached hydrogen (secondary N) is 1. The molecule has 0 radical (unpaired) electrons. The number of rotatable bonds is 6. The molecule has 0 saturated heterocycles. The Morgan fingerprint density at radius 1 is 1.36 bits per heavy atom. The predicted molar refractivity (Wildman–Crippen MR) is 48.3 cm³/mol. The Morgan fingerprint density at radius 3 is 2.50 bits per heavy atom. The molecule has 0 bridgehead atoms. The molecule has 0 fully saturated rings. The van der Waals surface area contributed by atoms with Gasteiger partial charge in [0.05, 0.1) is 6.61 Å². The highest BCUT2D eigenvalue weighted by molar-refractivity contribution is 5.65. The molecule has 6 heteroatoms. The van der Waals surface area contributed by atoms with E-state index in [0.717, 1.165) is 0 Å². The van der Waals surface area contributed by atoms with Crippen molar-refractivity contribution in [2.24, 2.45) is 0 Å². The molecule has 0 aliphatic rings. The van der Waals surface area contributed by atoms with E-state index >= 15 is 0 Å². The zero-order valence-corrected chi connectivity index (χ0v) is 8.90. The lowest BCUT2D eigenvalue weighted by Gasteiger charge is -2.17. The standard InChI is InChI=1S/C8H17NO5/c1-5-12-8(10)9-14-7(3)13-6(2)11-4/h6-7H,5H2,1-4H3,(H,9,10). The number of hydrogen-bond donors (Lipinski definition) is 1. The Kier molecular flexibility index (Phi) is 7.09. The van der Waals surface area contributed by atoms with Crippen LogP contribution in [0.3, 0.4) is 0 Å². The average molecular weight is 207 g/mol. The van der Waals surface area contributed by atoms with Crippen molar-refractivity contribution in [3.63, 3.8) is 0 Å². The first-order valence-corrected chi connectivity index (χ1v) is 4.36. The van der Waals surface area contributed by atoms with Gasteiger partial charge in [-0.2, -0.15) is 5.48 Å². The summed E-state index contributed by atoms with van der Waals surface area (Å²) in [6.07, 6.45) is -1.64. The van der Waals surface area contributed by atoms with E-state index in [1.807, 2.05) is 0 Å². The lowest BCUT2D eigenvalue weighted by molar-refractivity contribution is -0.238. The second-order valence-electron chi connectivity index (χ2n) is 2.45. The number of methoxy groups -OCH3 is 1. The van der Waals surface area contributed by atoms with Gasteiger partial charge in [-0.25, -0.2) is 9.63 Å². The molecule has 0 saturated carbocycles. The van der Waals surface area contributed by atoms with Crippen LogP contribution in [0.2, 0.25) is 0 Å². The monoisotopic (exact) mass is 207 g/mol. The maximum atomic E-state index is 10.8. The summed E-state index contributed by atoms with van der Waals surface area (Å²) in [6, 6.07) is 0. The third-order valence-electron chi connectivity index (χ3n) is 1.30. The van der Waals surface area contributed by atoms with Gasteiger partial charge >= 0.3 is 6.09 Å². The molecule has 1 amide bonds. The molecular weight excluding hydrogens is 190 g/mol. The quantitative estimate of drug-likeness (QED) is 0.520. The van der Waals surface area contributed by atoms with Crippen LogP contribution in [0.4, 0.5) is 4.79 Å². The van der Waals surface area contributed by atoms with Gasteiger partial charge in [-0.1, -0.05) is 0 Å². The van der Waals surface area contributed by atoms with Crippen LogP contribution in [0.25, 0.3) is 0 Å². The number of carbonyl (C=O) groups excluding carboxylic acids is 1. The molecule has 0 spiro atoms. The van der Waals surface area contributed by atoms with Crippen molar-refractivity contribution in [1.82, 2.24) is 5.48 Å². The van der Waals surface area contributed by atoms with Gasteiger partial charge in [0.15, 0.2) is 12.6 Å². The van der Waals surface area contributed by atoms with Crippen molar-refractivity contribution in [3.05, 3.63) is 0 Å². The molecule has 84 valence electrons. The van der Waals surface area contributed by atoms with E-state index in [1.54, 1.807) is 20.8 Å².